The first-order valence-corrected chi connectivity index (χ1v) is 11.9. The third-order valence-corrected chi connectivity index (χ3v) is 8.04. The van der Waals surface area contributed by atoms with Crippen LogP contribution in [-0.4, -0.2) is 32.7 Å². The topological polar surface area (TPSA) is 130 Å². The minimum Gasteiger partial charge on any atom is -0.507 e. The number of imide groups is 1. The molecule has 0 unspecified atom stereocenters. The Morgan fingerprint density at radius 2 is 1.83 bits per heavy atom. The van der Waals surface area contributed by atoms with E-state index < -0.39 is 40.5 Å². The maximum absolute atomic E-state index is 13.6. The largest absolute Gasteiger partial charge is 0.507 e. The van der Waals surface area contributed by atoms with Crippen molar-refractivity contribution >= 4 is 23.2 Å². The average molecular weight is 481 g/mol. The maximum atomic E-state index is 13.6. The summed E-state index contributed by atoms with van der Waals surface area (Å²) in [7, 11) is 0. The van der Waals surface area contributed by atoms with Crippen molar-refractivity contribution in [1.82, 2.24) is 0 Å². The summed E-state index contributed by atoms with van der Waals surface area (Å²) in [6, 6.07) is 9.15. The molecule has 1 saturated carbocycles. The number of aromatic hydroxyl groups is 1. The van der Waals surface area contributed by atoms with Gasteiger partial charge in [-0.05, 0) is 68.0 Å². The van der Waals surface area contributed by atoms with E-state index in [1.165, 1.54) is 24.3 Å². The maximum Gasteiger partial charge on any atom is 0.271 e. The Kier molecular flexibility index (Phi) is 5.45. The zero-order valence-electron chi connectivity index (χ0n) is 19.8. The Labute approximate surface area is 202 Å². The number of hydrogen-bond donors (Lipinski definition) is 2. The number of nitrogens with zero attached hydrogens (tertiary/aromatic N) is 2. The summed E-state index contributed by atoms with van der Waals surface area (Å²) < 4.78 is 6.28. The predicted octanol–water partition coefficient (Wildman–Crippen LogP) is 3.92. The molecule has 2 aliphatic heterocycles. The number of nitro benzene ring substituents is 1. The lowest BCUT2D eigenvalue weighted by Crippen LogP contribution is -2.53. The van der Waals surface area contributed by atoms with Gasteiger partial charge in [0, 0.05) is 24.0 Å². The van der Waals surface area contributed by atoms with Crippen LogP contribution in [0.5, 0.6) is 5.75 Å². The molecular formula is C26H28N2O7. The van der Waals surface area contributed by atoms with Crippen molar-refractivity contribution in [2.45, 2.75) is 51.9 Å². The number of carbonyl (C=O) groups excluding carboxylic acids is 2. The van der Waals surface area contributed by atoms with Crippen molar-refractivity contribution in [3.63, 3.8) is 0 Å². The molecule has 6 atom stereocenters. The first-order chi connectivity index (χ1) is 16.6. The average Bonchev–Trinajstić information content (AvgIpc) is 3.30. The van der Waals surface area contributed by atoms with Gasteiger partial charge in [-0.3, -0.25) is 19.7 Å². The van der Waals surface area contributed by atoms with Gasteiger partial charge in [0.2, 0.25) is 11.8 Å². The van der Waals surface area contributed by atoms with E-state index in [0.29, 0.717) is 30.4 Å². The monoisotopic (exact) mass is 480 g/mol. The molecule has 2 amide bonds. The van der Waals surface area contributed by atoms with E-state index in [0.717, 1.165) is 10.5 Å². The number of phenolic OH excluding ortho intramolecular Hbond substituents is 1. The number of anilines is 1. The second-order valence-electron chi connectivity index (χ2n) is 9.97. The van der Waals surface area contributed by atoms with Gasteiger partial charge in [0.15, 0.2) is 5.79 Å². The third-order valence-electron chi connectivity index (χ3n) is 8.04. The van der Waals surface area contributed by atoms with Crippen molar-refractivity contribution in [2.24, 2.45) is 23.7 Å². The normalized spacial score (nSPS) is 32.0. The number of phenols is 1. The van der Waals surface area contributed by atoms with Crippen LogP contribution in [0.25, 0.3) is 0 Å². The molecule has 9 heteroatoms. The number of non-ortho nitro benzene ring substituents is 1. The fourth-order valence-corrected chi connectivity index (χ4v) is 6.33. The lowest BCUT2D eigenvalue weighted by molar-refractivity contribution is -0.384. The molecule has 2 saturated heterocycles. The number of fused-ring (bicyclic) bond motifs is 3. The van der Waals surface area contributed by atoms with Crippen LogP contribution in [0.4, 0.5) is 11.4 Å². The number of nitro groups is 1. The number of hydrogen-bond acceptors (Lipinski definition) is 7. The smallest absolute Gasteiger partial charge is 0.271 e. The molecule has 0 aromatic heterocycles. The lowest BCUT2D eigenvalue weighted by Gasteiger charge is -2.44. The summed E-state index contributed by atoms with van der Waals surface area (Å²) in [6.45, 7) is 5.51. The van der Waals surface area contributed by atoms with Crippen molar-refractivity contribution in [3.05, 3.63) is 63.2 Å². The number of aryl methyl sites for hydroxylation is 2. The number of aliphatic hydroxyl groups is 1. The summed E-state index contributed by atoms with van der Waals surface area (Å²) >= 11 is 0. The van der Waals surface area contributed by atoms with E-state index >= 15 is 0 Å². The van der Waals surface area contributed by atoms with E-state index in [-0.39, 0.29) is 28.9 Å². The summed E-state index contributed by atoms with van der Waals surface area (Å²) in [5, 5.41) is 33.2. The van der Waals surface area contributed by atoms with Gasteiger partial charge < -0.3 is 14.9 Å². The highest BCUT2D eigenvalue weighted by molar-refractivity contribution is 6.22. The third kappa shape index (κ3) is 3.44. The summed E-state index contributed by atoms with van der Waals surface area (Å²) in [6.07, 6.45) is 0.712. The Morgan fingerprint density at radius 3 is 2.46 bits per heavy atom. The van der Waals surface area contributed by atoms with Gasteiger partial charge in [-0.2, -0.15) is 0 Å². The number of carbonyl (C=O) groups is 2. The van der Waals surface area contributed by atoms with Gasteiger partial charge in [0.05, 0.1) is 28.6 Å². The Morgan fingerprint density at radius 1 is 1.14 bits per heavy atom. The molecule has 184 valence electrons. The van der Waals surface area contributed by atoms with Crippen molar-refractivity contribution < 1.29 is 29.5 Å². The van der Waals surface area contributed by atoms with E-state index in [9.17, 15) is 29.9 Å². The predicted molar refractivity (Wildman–Crippen MR) is 125 cm³/mol. The molecule has 2 N–H and O–H groups in total. The van der Waals surface area contributed by atoms with Gasteiger partial charge in [0.1, 0.15) is 5.75 Å². The molecule has 2 aromatic rings. The van der Waals surface area contributed by atoms with Crippen LogP contribution in [0.1, 0.15) is 49.0 Å². The van der Waals surface area contributed by atoms with Crippen LogP contribution in [-0.2, 0) is 14.3 Å². The van der Waals surface area contributed by atoms with E-state index in [2.05, 4.69) is 0 Å². The van der Waals surface area contributed by atoms with Gasteiger partial charge in [-0.25, -0.2) is 4.90 Å². The highest BCUT2D eigenvalue weighted by Crippen LogP contribution is 2.59. The van der Waals surface area contributed by atoms with Gasteiger partial charge in [-0.1, -0.05) is 13.0 Å². The summed E-state index contributed by atoms with van der Waals surface area (Å²) in [5.41, 5.74) is 2.15. The molecule has 1 aliphatic carbocycles. The van der Waals surface area contributed by atoms with Crippen LogP contribution in [0.15, 0.2) is 36.4 Å². The first-order valence-electron chi connectivity index (χ1n) is 11.9. The molecule has 2 aromatic carbocycles. The van der Waals surface area contributed by atoms with Crippen LogP contribution >= 0.6 is 0 Å². The highest BCUT2D eigenvalue weighted by Gasteiger charge is 2.66. The fraction of sp³-hybridized carbons (Fsp3) is 0.462. The number of ether oxygens (including phenoxy) is 1. The molecule has 5 rings (SSSR count). The SMILES string of the molecule is CC[C@H]1C[C@@H]2C(=O)N(c3cccc([N+](=O)[O-])c3)C(=O)[C@@H]2[C@@H]2C[C@@H](c3cc(C)c(O)c(C)c3)O[C@]12O. The molecule has 0 bridgehead atoms. The van der Waals surface area contributed by atoms with E-state index in [1.54, 1.807) is 13.8 Å². The molecule has 2 heterocycles. The Hall–Kier alpha value is -3.30. The number of rotatable bonds is 4. The standard InChI is InChI=1S/C26H28N2O7/c1-4-16-10-19-22(25(31)27(24(19)30)17-6-5-7-18(11-17)28(33)34)20-12-21(35-26(16,20)32)15-8-13(2)23(29)14(3)9-15/h5-9,11,16,19-22,29,32H,4,10,12H2,1-3H3/t16-,19-,20-,21-,22-,26+/m0/s1. The zero-order valence-corrected chi connectivity index (χ0v) is 19.8. The van der Waals surface area contributed by atoms with Crippen molar-refractivity contribution in [2.75, 3.05) is 4.90 Å². The van der Waals surface area contributed by atoms with Gasteiger partial charge >= 0.3 is 0 Å². The van der Waals surface area contributed by atoms with Crippen LogP contribution in [0.3, 0.4) is 0 Å². The Bertz CT molecular complexity index is 1220. The molecular weight excluding hydrogens is 452 g/mol. The molecule has 0 radical (unpaired) electrons. The lowest BCUT2D eigenvalue weighted by atomic mass is 9.64. The molecule has 3 aliphatic rings. The second kappa shape index (κ2) is 8.13. The number of benzene rings is 2. The zero-order chi connectivity index (χ0) is 25.2. The minimum atomic E-state index is -1.57. The van der Waals surface area contributed by atoms with E-state index in [1.807, 2.05) is 19.1 Å². The summed E-state index contributed by atoms with van der Waals surface area (Å²) in [5.74, 6) is -4.57. The van der Waals surface area contributed by atoms with E-state index in [4.69, 9.17) is 4.74 Å². The minimum absolute atomic E-state index is 0.167. The van der Waals surface area contributed by atoms with Crippen LogP contribution in [0.2, 0.25) is 0 Å². The van der Waals surface area contributed by atoms with Crippen molar-refractivity contribution in [3.8, 4) is 5.75 Å². The van der Waals surface area contributed by atoms with Crippen molar-refractivity contribution in [1.29, 1.82) is 0 Å². The summed E-state index contributed by atoms with van der Waals surface area (Å²) in [4.78, 5) is 38.8. The molecule has 35 heavy (non-hydrogen) atoms. The first kappa shape index (κ1) is 23.4. The molecule has 9 nitrogen and oxygen atoms in total. The highest BCUT2D eigenvalue weighted by atomic mass is 16.6. The molecule has 3 fully saturated rings. The fourth-order valence-electron chi connectivity index (χ4n) is 6.33. The van der Waals surface area contributed by atoms with Gasteiger partial charge in [-0.15, -0.1) is 0 Å². The Balaban J connectivity index is 1.53. The number of amides is 2. The van der Waals surface area contributed by atoms with Gasteiger partial charge in [0.25, 0.3) is 5.69 Å². The van der Waals surface area contributed by atoms with Crippen LogP contribution < -0.4 is 4.90 Å². The second-order valence-corrected chi connectivity index (χ2v) is 9.97. The van der Waals surface area contributed by atoms with Crippen LogP contribution in [0, 0.1) is 47.6 Å². The quantitative estimate of drug-likeness (QED) is 0.385. The molecule has 0 spiro atoms.